The first-order valence-electron chi connectivity index (χ1n) is 6.98. The highest BCUT2D eigenvalue weighted by atomic mass is 15.4. The van der Waals surface area contributed by atoms with Gasteiger partial charge in [0, 0.05) is 18.5 Å². The lowest BCUT2D eigenvalue weighted by atomic mass is 9.82. The van der Waals surface area contributed by atoms with Crippen molar-refractivity contribution in [3.8, 4) is 0 Å². The van der Waals surface area contributed by atoms with Crippen molar-refractivity contribution in [2.45, 2.75) is 64.5 Å². The van der Waals surface area contributed by atoms with Crippen LogP contribution < -0.4 is 5.32 Å². The van der Waals surface area contributed by atoms with Crippen molar-refractivity contribution in [3.63, 3.8) is 0 Å². The maximum atomic E-state index is 4.21. The minimum Gasteiger partial charge on any atom is -0.314 e. The van der Waals surface area contributed by atoms with Crippen LogP contribution in [-0.2, 0) is 6.54 Å². The lowest BCUT2D eigenvalue weighted by molar-refractivity contribution is 0.317. The molecule has 0 bridgehead atoms. The molecule has 1 aromatic heterocycles. The summed E-state index contributed by atoms with van der Waals surface area (Å²) < 4.78 is 2.10. The molecule has 4 heteroatoms. The molecule has 0 aromatic carbocycles. The van der Waals surface area contributed by atoms with Gasteiger partial charge in [-0.05, 0) is 25.8 Å². The van der Waals surface area contributed by atoms with E-state index in [-0.39, 0.29) is 0 Å². The average Bonchev–Trinajstić information content (AvgIpc) is 2.79. The van der Waals surface area contributed by atoms with Crippen molar-refractivity contribution in [2.75, 3.05) is 6.54 Å². The molecule has 0 spiro atoms. The third-order valence-corrected chi connectivity index (χ3v) is 3.70. The fourth-order valence-corrected chi connectivity index (χ4v) is 2.93. The monoisotopic (exact) mass is 236 g/mol. The van der Waals surface area contributed by atoms with Gasteiger partial charge < -0.3 is 5.32 Å². The van der Waals surface area contributed by atoms with Crippen molar-refractivity contribution in [2.24, 2.45) is 0 Å². The molecule has 1 fully saturated rings. The van der Waals surface area contributed by atoms with Gasteiger partial charge in [0.05, 0.1) is 11.9 Å². The summed E-state index contributed by atoms with van der Waals surface area (Å²) in [7, 11) is 0. The smallest absolute Gasteiger partial charge is 0.0728 e. The van der Waals surface area contributed by atoms with E-state index in [1.165, 1.54) is 31.4 Å². The fraction of sp³-hybridized carbons (Fsp3) is 0.846. The third kappa shape index (κ3) is 2.86. The van der Waals surface area contributed by atoms with Gasteiger partial charge in [-0.25, -0.2) is 4.68 Å². The Morgan fingerprint density at radius 1 is 1.35 bits per heavy atom. The van der Waals surface area contributed by atoms with Gasteiger partial charge >= 0.3 is 0 Å². The summed E-state index contributed by atoms with van der Waals surface area (Å²) in [5, 5.41) is 11.9. The summed E-state index contributed by atoms with van der Waals surface area (Å²) >= 11 is 0. The van der Waals surface area contributed by atoms with E-state index in [9.17, 15) is 0 Å². The van der Waals surface area contributed by atoms with Crippen LogP contribution in [0.1, 0.15) is 57.6 Å². The van der Waals surface area contributed by atoms with Crippen LogP contribution in [-0.4, -0.2) is 27.6 Å². The summed E-state index contributed by atoms with van der Waals surface area (Å²) in [6, 6.07) is 0.614. The molecule has 0 amide bonds. The number of likely N-dealkylation sites (N-methyl/N-ethyl adjacent to an activating group) is 1. The molecule has 1 saturated carbocycles. The van der Waals surface area contributed by atoms with E-state index < -0.39 is 0 Å². The fourth-order valence-electron chi connectivity index (χ4n) is 2.93. The lowest BCUT2D eigenvalue weighted by Crippen LogP contribution is -2.38. The Hall–Kier alpha value is -0.900. The van der Waals surface area contributed by atoms with E-state index in [0.717, 1.165) is 19.5 Å². The zero-order valence-corrected chi connectivity index (χ0v) is 11.0. The predicted octanol–water partition coefficient (Wildman–Crippen LogP) is 2.32. The maximum Gasteiger partial charge on any atom is 0.0728 e. The van der Waals surface area contributed by atoms with E-state index >= 15 is 0 Å². The molecule has 1 N–H and O–H groups in total. The summed E-state index contributed by atoms with van der Waals surface area (Å²) in [5.74, 6) is 0.602. The van der Waals surface area contributed by atoms with Gasteiger partial charge in [0.25, 0.3) is 0 Å². The molecule has 0 aliphatic heterocycles. The standard InChI is InChI=1S/C13H24N4/c1-3-9-17-13(10-15-16-17)11-7-5-6-8-12(11)14-4-2/h10-12,14H,3-9H2,1-2H3. The summed E-state index contributed by atoms with van der Waals surface area (Å²) in [6.45, 7) is 6.42. The number of aryl methyl sites for hydroxylation is 1. The average molecular weight is 236 g/mol. The van der Waals surface area contributed by atoms with Crippen LogP contribution in [0.25, 0.3) is 0 Å². The number of nitrogens with zero attached hydrogens (tertiary/aromatic N) is 3. The SMILES string of the molecule is CCCn1nncc1C1CCCCC1NCC. The van der Waals surface area contributed by atoms with Gasteiger partial charge in [-0.3, -0.25) is 0 Å². The number of nitrogens with one attached hydrogen (secondary N) is 1. The highest BCUT2D eigenvalue weighted by Crippen LogP contribution is 2.32. The van der Waals surface area contributed by atoms with Crippen LogP contribution in [0.5, 0.6) is 0 Å². The molecule has 1 aliphatic carbocycles. The van der Waals surface area contributed by atoms with Crippen molar-refractivity contribution in [1.29, 1.82) is 0 Å². The maximum absolute atomic E-state index is 4.21. The molecule has 0 radical (unpaired) electrons. The van der Waals surface area contributed by atoms with Crippen LogP contribution in [0, 0.1) is 0 Å². The van der Waals surface area contributed by atoms with Crippen LogP contribution in [0.2, 0.25) is 0 Å². The number of hydrogen-bond donors (Lipinski definition) is 1. The Morgan fingerprint density at radius 2 is 2.18 bits per heavy atom. The van der Waals surface area contributed by atoms with Crippen molar-refractivity contribution in [1.82, 2.24) is 20.3 Å². The minimum atomic E-state index is 0.602. The number of rotatable bonds is 5. The van der Waals surface area contributed by atoms with Gasteiger partial charge in [0.1, 0.15) is 0 Å². The third-order valence-electron chi connectivity index (χ3n) is 3.70. The molecule has 2 rings (SSSR count). The normalized spacial score (nSPS) is 25.1. The second-order valence-corrected chi connectivity index (χ2v) is 4.94. The van der Waals surface area contributed by atoms with Crippen LogP contribution in [0.15, 0.2) is 6.20 Å². The highest BCUT2D eigenvalue weighted by Gasteiger charge is 2.28. The Kier molecular flexibility index (Phi) is 4.54. The van der Waals surface area contributed by atoms with E-state index in [1.807, 2.05) is 6.20 Å². The molecular formula is C13H24N4. The highest BCUT2D eigenvalue weighted by molar-refractivity contribution is 5.09. The molecular weight excluding hydrogens is 212 g/mol. The molecule has 1 aliphatic rings. The Bertz CT molecular complexity index is 332. The quantitative estimate of drug-likeness (QED) is 0.853. The van der Waals surface area contributed by atoms with Gasteiger partial charge in [-0.15, -0.1) is 5.10 Å². The first-order chi connectivity index (χ1) is 8.36. The Balaban J connectivity index is 2.14. The van der Waals surface area contributed by atoms with Crippen LogP contribution in [0.3, 0.4) is 0 Å². The zero-order chi connectivity index (χ0) is 12.1. The van der Waals surface area contributed by atoms with E-state index in [1.54, 1.807) is 0 Å². The van der Waals surface area contributed by atoms with Crippen molar-refractivity contribution in [3.05, 3.63) is 11.9 Å². The first-order valence-corrected chi connectivity index (χ1v) is 6.98. The van der Waals surface area contributed by atoms with Crippen molar-refractivity contribution >= 4 is 0 Å². The lowest BCUT2D eigenvalue weighted by Gasteiger charge is -2.32. The number of hydrogen-bond acceptors (Lipinski definition) is 3. The zero-order valence-electron chi connectivity index (χ0n) is 11.0. The molecule has 1 heterocycles. The van der Waals surface area contributed by atoms with Gasteiger partial charge in [0.2, 0.25) is 0 Å². The topological polar surface area (TPSA) is 42.7 Å². The van der Waals surface area contributed by atoms with Gasteiger partial charge in [0.15, 0.2) is 0 Å². The second kappa shape index (κ2) is 6.15. The Labute approximate surface area is 104 Å². The molecule has 17 heavy (non-hydrogen) atoms. The molecule has 1 aromatic rings. The summed E-state index contributed by atoms with van der Waals surface area (Å²) in [6.07, 6.45) is 8.34. The Morgan fingerprint density at radius 3 is 2.94 bits per heavy atom. The number of aromatic nitrogens is 3. The summed E-state index contributed by atoms with van der Waals surface area (Å²) in [5.41, 5.74) is 1.33. The van der Waals surface area contributed by atoms with Crippen LogP contribution in [0.4, 0.5) is 0 Å². The minimum absolute atomic E-state index is 0.602. The van der Waals surface area contributed by atoms with E-state index in [2.05, 4.69) is 34.2 Å². The van der Waals surface area contributed by atoms with Gasteiger partial charge in [-0.2, -0.15) is 0 Å². The molecule has 96 valence electrons. The van der Waals surface area contributed by atoms with Crippen LogP contribution >= 0.6 is 0 Å². The molecule has 0 saturated heterocycles. The largest absolute Gasteiger partial charge is 0.314 e. The molecule has 2 atom stereocenters. The predicted molar refractivity (Wildman–Crippen MR) is 69.0 cm³/mol. The van der Waals surface area contributed by atoms with E-state index in [0.29, 0.717) is 12.0 Å². The molecule has 2 unspecified atom stereocenters. The van der Waals surface area contributed by atoms with Crippen molar-refractivity contribution < 1.29 is 0 Å². The van der Waals surface area contributed by atoms with Gasteiger partial charge in [-0.1, -0.05) is 31.9 Å². The summed E-state index contributed by atoms with van der Waals surface area (Å²) in [4.78, 5) is 0. The second-order valence-electron chi connectivity index (χ2n) is 4.94. The molecule has 4 nitrogen and oxygen atoms in total. The van der Waals surface area contributed by atoms with E-state index in [4.69, 9.17) is 0 Å². The first kappa shape index (κ1) is 12.6.